The van der Waals surface area contributed by atoms with E-state index in [4.69, 9.17) is 10.4 Å². The van der Waals surface area contributed by atoms with Gasteiger partial charge in [0.15, 0.2) is 0 Å². The number of amides is 1. The summed E-state index contributed by atoms with van der Waals surface area (Å²) in [5.41, 5.74) is 2.55. The first-order valence-corrected chi connectivity index (χ1v) is 10.1. The Morgan fingerprint density at radius 1 is 1.15 bits per heavy atom. The second kappa shape index (κ2) is 8.80. The number of hydrogen-bond donors (Lipinski definition) is 2. The minimum absolute atomic E-state index is 0.0257. The van der Waals surface area contributed by atoms with E-state index in [1.807, 2.05) is 44.2 Å². The Morgan fingerprint density at radius 2 is 1.81 bits per heavy atom. The zero-order valence-electron chi connectivity index (χ0n) is 15.3. The van der Waals surface area contributed by atoms with Gasteiger partial charge in [0.25, 0.3) is 0 Å². The lowest BCUT2D eigenvalue weighted by Crippen LogP contribution is -2.30. The molecule has 0 saturated heterocycles. The summed E-state index contributed by atoms with van der Waals surface area (Å²) in [6, 6.07) is 15.8. The largest absolute Gasteiger partial charge is 0.342 e. The third-order valence-corrected chi connectivity index (χ3v) is 5.10. The predicted molar refractivity (Wildman–Crippen MR) is 104 cm³/mol. The fraction of sp³-hybridized carbons (Fsp3) is 0.300. The number of nitrogens with one attached hydrogen (secondary N) is 1. The molecule has 27 heavy (non-hydrogen) atoms. The minimum atomic E-state index is -3.74. The van der Waals surface area contributed by atoms with Gasteiger partial charge in [0, 0.05) is 0 Å². The highest BCUT2D eigenvalue weighted by Crippen LogP contribution is 2.29. The number of primary sulfonamides is 1. The monoisotopic (exact) mass is 385 g/mol. The second-order valence-electron chi connectivity index (χ2n) is 6.75. The van der Waals surface area contributed by atoms with E-state index < -0.39 is 10.0 Å². The van der Waals surface area contributed by atoms with Gasteiger partial charge in [-0.3, -0.25) is 4.79 Å². The molecule has 3 N–H and O–H groups in total. The number of nitrogens with zero attached hydrogens (tertiary/aromatic N) is 1. The minimum Gasteiger partial charge on any atom is -0.342 e. The second-order valence-corrected chi connectivity index (χ2v) is 8.31. The van der Waals surface area contributed by atoms with E-state index in [1.165, 1.54) is 12.1 Å². The van der Waals surface area contributed by atoms with Crippen molar-refractivity contribution in [1.82, 2.24) is 5.32 Å². The summed E-state index contributed by atoms with van der Waals surface area (Å²) in [6.45, 7) is 4.06. The number of benzene rings is 2. The quantitative estimate of drug-likeness (QED) is 0.713. The molecular weight excluding hydrogens is 362 g/mol. The van der Waals surface area contributed by atoms with Crippen LogP contribution in [0.1, 0.15) is 31.7 Å². The van der Waals surface area contributed by atoms with Gasteiger partial charge in [0.05, 0.1) is 16.9 Å². The van der Waals surface area contributed by atoms with Crippen molar-refractivity contribution in [3.63, 3.8) is 0 Å². The van der Waals surface area contributed by atoms with E-state index in [0.717, 1.165) is 16.7 Å². The average molecular weight is 385 g/mol. The number of sulfonamides is 1. The van der Waals surface area contributed by atoms with Crippen molar-refractivity contribution in [3.8, 4) is 17.2 Å². The molecule has 0 aliphatic rings. The molecule has 0 aliphatic heterocycles. The molecule has 6 nitrogen and oxygen atoms in total. The number of carbonyl (C=O) groups excluding carboxylic acids is 1. The third-order valence-electron chi connectivity index (χ3n) is 4.17. The van der Waals surface area contributed by atoms with Crippen molar-refractivity contribution in [2.75, 3.05) is 6.54 Å². The highest BCUT2D eigenvalue weighted by atomic mass is 32.2. The number of nitrogens with two attached hydrogens (primary N) is 1. The lowest BCUT2D eigenvalue weighted by molar-refractivity contribution is -0.122. The van der Waals surface area contributed by atoms with Crippen LogP contribution in [0.15, 0.2) is 53.4 Å². The van der Waals surface area contributed by atoms with Gasteiger partial charge >= 0.3 is 0 Å². The van der Waals surface area contributed by atoms with E-state index in [0.29, 0.717) is 12.3 Å². The first kappa shape index (κ1) is 20.6. The first-order valence-electron chi connectivity index (χ1n) is 8.60. The summed E-state index contributed by atoms with van der Waals surface area (Å²) in [5, 5.41) is 16.5. The van der Waals surface area contributed by atoms with Crippen molar-refractivity contribution in [2.24, 2.45) is 11.1 Å². The van der Waals surface area contributed by atoms with Crippen LogP contribution in [0.3, 0.4) is 0 Å². The van der Waals surface area contributed by atoms with Crippen molar-refractivity contribution >= 4 is 15.9 Å². The van der Waals surface area contributed by atoms with E-state index in [1.54, 1.807) is 12.1 Å². The molecule has 1 unspecified atom stereocenters. The summed E-state index contributed by atoms with van der Waals surface area (Å²) in [4.78, 5) is 12.5. The summed E-state index contributed by atoms with van der Waals surface area (Å²) in [7, 11) is -3.74. The van der Waals surface area contributed by atoms with Crippen LogP contribution in [-0.2, 0) is 14.8 Å². The zero-order valence-corrected chi connectivity index (χ0v) is 16.2. The number of carbonyl (C=O) groups is 1. The van der Waals surface area contributed by atoms with Crippen LogP contribution >= 0.6 is 0 Å². The Bertz CT molecular complexity index is 945. The van der Waals surface area contributed by atoms with Gasteiger partial charge in [-0.1, -0.05) is 50.2 Å². The molecule has 7 heteroatoms. The maximum absolute atomic E-state index is 12.5. The highest BCUT2D eigenvalue weighted by molar-refractivity contribution is 7.89. The van der Waals surface area contributed by atoms with Gasteiger partial charge in [-0.25, -0.2) is 13.6 Å². The van der Waals surface area contributed by atoms with Crippen LogP contribution in [0, 0.1) is 17.2 Å². The van der Waals surface area contributed by atoms with Crippen LogP contribution in [-0.4, -0.2) is 20.9 Å². The Morgan fingerprint density at radius 3 is 2.37 bits per heavy atom. The van der Waals surface area contributed by atoms with Crippen molar-refractivity contribution in [2.45, 2.75) is 31.1 Å². The molecule has 1 amide bonds. The molecule has 1 atom stereocenters. The van der Waals surface area contributed by atoms with Crippen molar-refractivity contribution < 1.29 is 13.2 Å². The Hall–Kier alpha value is -2.69. The van der Waals surface area contributed by atoms with Gasteiger partial charge in [-0.15, -0.1) is 0 Å². The van der Waals surface area contributed by atoms with Gasteiger partial charge < -0.3 is 5.32 Å². The number of hydrogen-bond acceptors (Lipinski definition) is 4. The maximum Gasteiger partial charge on any atom is 0.238 e. The molecule has 0 aliphatic carbocycles. The molecule has 142 valence electrons. The molecule has 0 spiro atoms. The standard InChI is InChI=1S/C20H23N3O3S/c1-14(2)12-19(20(24)23-11-10-21)17-5-3-4-16(13-17)15-6-8-18(9-7-15)27(22,25)26/h3-9,13-14,19H,11-12H2,1-2H3,(H,23,24)(H2,22,25,26). The smallest absolute Gasteiger partial charge is 0.238 e. The molecule has 0 aromatic heterocycles. The molecule has 0 saturated carbocycles. The summed E-state index contributed by atoms with van der Waals surface area (Å²) in [6.07, 6.45) is 0.658. The van der Waals surface area contributed by atoms with E-state index in [9.17, 15) is 13.2 Å². The highest BCUT2D eigenvalue weighted by Gasteiger charge is 2.22. The maximum atomic E-state index is 12.5. The molecule has 0 heterocycles. The lowest BCUT2D eigenvalue weighted by Gasteiger charge is -2.19. The van der Waals surface area contributed by atoms with E-state index in [-0.39, 0.29) is 23.3 Å². The molecular formula is C20H23N3O3S. The molecule has 2 rings (SSSR count). The van der Waals surface area contributed by atoms with Crippen LogP contribution < -0.4 is 10.5 Å². The summed E-state index contributed by atoms with van der Waals surface area (Å²) >= 11 is 0. The number of nitriles is 1. The molecule has 0 bridgehead atoms. The Labute approximate surface area is 160 Å². The zero-order chi connectivity index (χ0) is 20.0. The van der Waals surface area contributed by atoms with Crippen LogP contribution in [0.2, 0.25) is 0 Å². The first-order chi connectivity index (χ1) is 12.7. The molecule has 0 radical (unpaired) electrons. The van der Waals surface area contributed by atoms with Crippen LogP contribution in [0.4, 0.5) is 0 Å². The lowest BCUT2D eigenvalue weighted by atomic mass is 9.88. The average Bonchev–Trinajstić information content (AvgIpc) is 2.63. The summed E-state index contributed by atoms with van der Waals surface area (Å²) < 4.78 is 22.8. The van der Waals surface area contributed by atoms with Gasteiger partial charge in [-0.2, -0.15) is 5.26 Å². The number of rotatable bonds is 7. The fourth-order valence-corrected chi connectivity index (χ4v) is 3.40. The van der Waals surface area contributed by atoms with Crippen molar-refractivity contribution in [1.29, 1.82) is 5.26 Å². The van der Waals surface area contributed by atoms with Gasteiger partial charge in [0.1, 0.15) is 6.54 Å². The van der Waals surface area contributed by atoms with Crippen LogP contribution in [0.25, 0.3) is 11.1 Å². The molecule has 0 fully saturated rings. The van der Waals surface area contributed by atoms with Crippen molar-refractivity contribution in [3.05, 3.63) is 54.1 Å². The third kappa shape index (κ3) is 5.64. The van der Waals surface area contributed by atoms with E-state index in [2.05, 4.69) is 5.32 Å². The topological polar surface area (TPSA) is 113 Å². The van der Waals surface area contributed by atoms with Crippen LogP contribution in [0.5, 0.6) is 0 Å². The normalized spacial score (nSPS) is 12.4. The fourth-order valence-electron chi connectivity index (χ4n) is 2.89. The van der Waals surface area contributed by atoms with Gasteiger partial charge in [-0.05, 0) is 41.2 Å². The summed E-state index contributed by atoms with van der Waals surface area (Å²) in [5.74, 6) is -0.227. The Kier molecular flexibility index (Phi) is 6.72. The predicted octanol–water partition coefficient (Wildman–Crippen LogP) is 2.77. The molecule has 2 aromatic rings. The SMILES string of the molecule is CC(C)CC(C(=O)NCC#N)c1cccc(-c2ccc(S(N)(=O)=O)cc2)c1. The van der Waals surface area contributed by atoms with E-state index >= 15 is 0 Å². The molecule has 2 aromatic carbocycles. The van der Waals surface area contributed by atoms with Gasteiger partial charge in [0.2, 0.25) is 15.9 Å². The Balaban J connectivity index is 2.36.